The van der Waals surface area contributed by atoms with Crippen molar-refractivity contribution in [2.24, 2.45) is 0 Å². The zero-order valence-electron chi connectivity index (χ0n) is 49.2. The van der Waals surface area contributed by atoms with Crippen LogP contribution in [0.2, 0.25) is 0 Å². The number of carbonyl (C=O) groups is 3. The molecule has 0 heterocycles. The molecular weight excluding hydrogens is 889 g/mol. The topological polar surface area (TPSA) is 78.9 Å². The molecule has 1 atom stereocenters. The van der Waals surface area contributed by atoms with Crippen LogP contribution in [0.3, 0.4) is 0 Å². The largest absolute Gasteiger partial charge is 0.462 e. The van der Waals surface area contributed by atoms with Gasteiger partial charge in [-0.1, -0.05) is 348 Å². The molecular formula is C66H128O6. The van der Waals surface area contributed by atoms with Crippen LogP contribution in [0.25, 0.3) is 0 Å². The second-order valence-corrected chi connectivity index (χ2v) is 22.8. The number of unbranched alkanes of at least 4 members (excludes halogenated alkanes) is 51. The molecule has 0 bridgehead atoms. The highest BCUT2D eigenvalue weighted by Crippen LogP contribution is 2.19. The average molecular weight is 1020 g/mol. The summed E-state index contributed by atoms with van der Waals surface area (Å²) in [7, 11) is 0. The first-order valence-corrected chi connectivity index (χ1v) is 33.0. The minimum atomic E-state index is -0.760. The van der Waals surface area contributed by atoms with Crippen molar-refractivity contribution in [1.82, 2.24) is 0 Å². The van der Waals surface area contributed by atoms with E-state index in [-0.39, 0.29) is 31.1 Å². The molecule has 428 valence electrons. The van der Waals surface area contributed by atoms with E-state index in [1.165, 1.54) is 283 Å². The van der Waals surface area contributed by atoms with E-state index >= 15 is 0 Å². The van der Waals surface area contributed by atoms with Crippen molar-refractivity contribution in [1.29, 1.82) is 0 Å². The quantitative estimate of drug-likeness (QED) is 0.0343. The van der Waals surface area contributed by atoms with E-state index in [0.717, 1.165) is 64.2 Å². The van der Waals surface area contributed by atoms with Gasteiger partial charge in [0.05, 0.1) is 0 Å². The van der Waals surface area contributed by atoms with Gasteiger partial charge in [0.2, 0.25) is 0 Å². The molecule has 0 aromatic rings. The molecule has 0 rings (SSSR count). The van der Waals surface area contributed by atoms with Crippen molar-refractivity contribution in [2.75, 3.05) is 13.2 Å². The van der Waals surface area contributed by atoms with Crippen LogP contribution in [0.15, 0.2) is 0 Å². The molecule has 0 aromatic carbocycles. The molecule has 1 unspecified atom stereocenters. The van der Waals surface area contributed by atoms with Gasteiger partial charge in [-0.05, 0) is 19.3 Å². The third kappa shape index (κ3) is 59.3. The minimum Gasteiger partial charge on any atom is -0.462 e. The summed E-state index contributed by atoms with van der Waals surface area (Å²) in [6.45, 7) is 6.64. The number of esters is 3. The van der Waals surface area contributed by atoms with Crippen molar-refractivity contribution < 1.29 is 28.6 Å². The molecule has 0 spiro atoms. The smallest absolute Gasteiger partial charge is 0.306 e. The molecule has 0 saturated carbocycles. The lowest BCUT2D eigenvalue weighted by molar-refractivity contribution is -0.167. The molecule has 0 aliphatic rings. The number of hydrogen-bond donors (Lipinski definition) is 0. The lowest BCUT2D eigenvalue weighted by Gasteiger charge is -2.18. The first kappa shape index (κ1) is 70.4. The lowest BCUT2D eigenvalue weighted by atomic mass is 10.0. The van der Waals surface area contributed by atoms with Gasteiger partial charge >= 0.3 is 17.9 Å². The van der Waals surface area contributed by atoms with E-state index in [9.17, 15) is 14.4 Å². The Morgan fingerprint density at radius 2 is 0.375 bits per heavy atom. The fraction of sp³-hybridized carbons (Fsp3) is 0.955. The fourth-order valence-corrected chi connectivity index (χ4v) is 10.4. The third-order valence-electron chi connectivity index (χ3n) is 15.4. The summed E-state index contributed by atoms with van der Waals surface area (Å²) in [4.78, 5) is 37.9. The first-order valence-electron chi connectivity index (χ1n) is 33.0. The molecule has 6 nitrogen and oxygen atoms in total. The van der Waals surface area contributed by atoms with Gasteiger partial charge in [0.1, 0.15) is 13.2 Å². The Hall–Kier alpha value is -1.59. The summed E-state index contributed by atoms with van der Waals surface area (Å²) in [6.07, 6.45) is 71.8. The first-order chi connectivity index (χ1) is 35.5. The van der Waals surface area contributed by atoms with E-state index in [0.29, 0.717) is 19.3 Å². The van der Waals surface area contributed by atoms with Crippen molar-refractivity contribution >= 4 is 17.9 Å². The van der Waals surface area contributed by atoms with Gasteiger partial charge < -0.3 is 14.2 Å². The molecule has 0 aliphatic heterocycles. The predicted octanol–water partition coefficient (Wildman–Crippen LogP) is 22.3. The molecule has 0 radical (unpaired) electrons. The summed E-state index contributed by atoms with van der Waals surface area (Å²) < 4.78 is 16.8. The van der Waals surface area contributed by atoms with Crippen molar-refractivity contribution in [3.63, 3.8) is 0 Å². The molecule has 0 saturated heterocycles. The van der Waals surface area contributed by atoms with Gasteiger partial charge in [-0.3, -0.25) is 14.4 Å². The Balaban J connectivity index is 3.93. The zero-order valence-corrected chi connectivity index (χ0v) is 49.2. The zero-order chi connectivity index (χ0) is 52.2. The van der Waals surface area contributed by atoms with Crippen LogP contribution in [-0.4, -0.2) is 37.2 Å². The number of rotatable bonds is 62. The van der Waals surface area contributed by atoms with E-state index in [1.807, 2.05) is 0 Å². The molecule has 0 fully saturated rings. The minimum absolute atomic E-state index is 0.0623. The van der Waals surface area contributed by atoms with Crippen molar-refractivity contribution in [3.05, 3.63) is 0 Å². The second-order valence-electron chi connectivity index (χ2n) is 22.8. The summed E-state index contributed by atoms with van der Waals surface area (Å²) in [6, 6.07) is 0. The highest BCUT2D eigenvalue weighted by molar-refractivity contribution is 5.71. The van der Waals surface area contributed by atoms with Gasteiger partial charge in [-0.2, -0.15) is 0 Å². The monoisotopic (exact) mass is 1020 g/mol. The Labute approximate surface area is 450 Å². The summed E-state index contributed by atoms with van der Waals surface area (Å²) in [5.74, 6) is -0.845. The highest BCUT2D eigenvalue weighted by atomic mass is 16.6. The van der Waals surface area contributed by atoms with E-state index < -0.39 is 6.10 Å². The average Bonchev–Trinajstić information content (AvgIpc) is 3.38. The third-order valence-corrected chi connectivity index (χ3v) is 15.4. The van der Waals surface area contributed by atoms with E-state index in [1.54, 1.807) is 0 Å². The Morgan fingerprint density at radius 1 is 0.222 bits per heavy atom. The number of hydrogen-bond acceptors (Lipinski definition) is 6. The van der Waals surface area contributed by atoms with E-state index in [4.69, 9.17) is 14.2 Å². The van der Waals surface area contributed by atoms with Gasteiger partial charge in [0.15, 0.2) is 6.10 Å². The molecule has 6 heteroatoms. The van der Waals surface area contributed by atoms with Crippen LogP contribution in [0.4, 0.5) is 0 Å². The van der Waals surface area contributed by atoms with Crippen LogP contribution in [-0.2, 0) is 28.6 Å². The second kappa shape index (κ2) is 62.0. The molecule has 0 aromatic heterocycles. The van der Waals surface area contributed by atoms with Gasteiger partial charge in [-0.25, -0.2) is 0 Å². The van der Waals surface area contributed by atoms with Gasteiger partial charge in [-0.15, -0.1) is 0 Å². The van der Waals surface area contributed by atoms with Gasteiger partial charge in [0.25, 0.3) is 0 Å². The Kier molecular flexibility index (Phi) is 60.6. The summed E-state index contributed by atoms with van der Waals surface area (Å²) >= 11 is 0. The number of carbonyl (C=O) groups excluding carboxylic acids is 3. The summed E-state index contributed by atoms with van der Waals surface area (Å²) in [5, 5.41) is 0. The van der Waals surface area contributed by atoms with Crippen molar-refractivity contribution in [3.8, 4) is 0 Å². The van der Waals surface area contributed by atoms with Crippen LogP contribution < -0.4 is 0 Å². The Bertz CT molecular complexity index is 1080. The van der Waals surface area contributed by atoms with Crippen LogP contribution in [0.1, 0.15) is 387 Å². The maximum absolute atomic E-state index is 12.8. The van der Waals surface area contributed by atoms with Crippen LogP contribution in [0.5, 0.6) is 0 Å². The maximum atomic E-state index is 12.8. The Morgan fingerprint density at radius 3 is 0.556 bits per heavy atom. The molecule has 0 N–H and O–H groups in total. The highest BCUT2D eigenvalue weighted by Gasteiger charge is 2.19. The van der Waals surface area contributed by atoms with Gasteiger partial charge in [0, 0.05) is 19.3 Å². The lowest BCUT2D eigenvalue weighted by Crippen LogP contribution is -2.30. The normalized spacial score (nSPS) is 11.9. The fourth-order valence-electron chi connectivity index (χ4n) is 10.4. The summed E-state index contributed by atoms with van der Waals surface area (Å²) in [5.41, 5.74) is 0. The predicted molar refractivity (Wildman–Crippen MR) is 312 cm³/mol. The van der Waals surface area contributed by atoms with E-state index in [2.05, 4.69) is 20.8 Å². The molecule has 0 aliphatic carbocycles. The SMILES string of the molecule is CCCCCCCCCCCCCCCCCCCCCCCCCCCCCC(=O)OCC(COC(=O)CCCCCCC)OC(=O)CCCCCCCCCCCCCCCCCCCCCCCC. The van der Waals surface area contributed by atoms with Crippen LogP contribution >= 0.6 is 0 Å². The molecule has 0 amide bonds. The van der Waals surface area contributed by atoms with Crippen LogP contribution in [0, 0.1) is 0 Å². The molecule has 72 heavy (non-hydrogen) atoms. The maximum Gasteiger partial charge on any atom is 0.306 e. The van der Waals surface area contributed by atoms with Crippen molar-refractivity contribution in [2.45, 2.75) is 393 Å². The standard InChI is InChI=1S/C66H128O6/c1-4-7-10-13-15-17-19-21-23-25-27-29-31-32-33-34-35-37-38-40-42-44-46-48-50-53-56-59-65(68)71-62-63(61-70-64(67)58-55-52-12-9-6-3)72-66(69)60-57-54-51-49-47-45-43-41-39-36-30-28-26-24-22-20-18-16-14-11-8-5-2/h63H,4-62H2,1-3H3. The number of ether oxygens (including phenoxy) is 3.